The van der Waals surface area contributed by atoms with Gasteiger partial charge in [0.2, 0.25) is 0 Å². The zero-order valence-corrected chi connectivity index (χ0v) is 16.9. The van der Waals surface area contributed by atoms with E-state index in [1.165, 1.54) is 11.3 Å². The van der Waals surface area contributed by atoms with Crippen LogP contribution in [0.1, 0.15) is 70.5 Å². The molecular formula is C21H23ClN2O2S. The van der Waals surface area contributed by atoms with Crippen LogP contribution in [0.4, 0.5) is 5.69 Å². The first-order valence-corrected chi connectivity index (χ1v) is 10.8. The number of amides is 2. The maximum Gasteiger partial charge on any atom is 0.266 e. The standard InChI is InChI=1S/C21H23ClN2O2S/c1-13-4-2-3-10-24(13)21(26)17-8-7-15(12-18(17)22)23-20(25)19-16(9-11-27-19)14-5-6-14/h7-9,11-14H,2-6,10H2,1H3,(H,23,25)/t13-/m0/s1. The maximum absolute atomic E-state index is 12.8. The van der Waals surface area contributed by atoms with Gasteiger partial charge in [-0.3, -0.25) is 9.59 Å². The number of nitrogens with zero attached hydrogens (tertiary/aromatic N) is 1. The monoisotopic (exact) mass is 402 g/mol. The first kappa shape index (κ1) is 18.5. The fraction of sp³-hybridized carbons (Fsp3) is 0.429. The van der Waals surface area contributed by atoms with Crippen LogP contribution in [-0.4, -0.2) is 29.3 Å². The SMILES string of the molecule is C[C@H]1CCCCN1C(=O)c1ccc(NC(=O)c2sccc2C2CC2)cc1Cl. The van der Waals surface area contributed by atoms with E-state index in [2.05, 4.69) is 12.2 Å². The summed E-state index contributed by atoms with van der Waals surface area (Å²) in [5.74, 6) is 0.401. The molecule has 1 saturated carbocycles. The van der Waals surface area contributed by atoms with E-state index in [1.807, 2.05) is 16.3 Å². The van der Waals surface area contributed by atoms with E-state index >= 15 is 0 Å². The zero-order valence-electron chi connectivity index (χ0n) is 15.3. The van der Waals surface area contributed by atoms with Gasteiger partial charge in [0.25, 0.3) is 11.8 Å². The second-order valence-corrected chi connectivity index (χ2v) is 8.79. The first-order chi connectivity index (χ1) is 13.0. The van der Waals surface area contributed by atoms with Gasteiger partial charge in [0, 0.05) is 18.3 Å². The van der Waals surface area contributed by atoms with Gasteiger partial charge < -0.3 is 10.2 Å². The Balaban J connectivity index is 1.49. The second kappa shape index (κ2) is 7.64. The van der Waals surface area contributed by atoms with Crippen LogP contribution in [0.25, 0.3) is 0 Å². The minimum atomic E-state index is -0.105. The van der Waals surface area contributed by atoms with Crippen molar-refractivity contribution in [3.8, 4) is 0 Å². The fourth-order valence-corrected chi connectivity index (χ4v) is 4.87. The summed E-state index contributed by atoms with van der Waals surface area (Å²) in [6.45, 7) is 2.86. The van der Waals surface area contributed by atoms with Gasteiger partial charge in [-0.2, -0.15) is 0 Å². The molecule has 1 aliphatic heterocycles. The molecule has 1 aliphatic carbocycles. The highest BCUT2D eigenvalue weighted by atomic mass is 35.5. The van der Waals surface area contributed by atoms with Crippen LogP contribution in [-0.2, 0) is 0 Å². The number of likely N-dealkylation sites (tertiary alicyclic amines) is 1. The Hall–Kier alpha value is -1.85. The average Bonchev–Trinajstić information content (AvgIpc) is 3.38. The van der Waals surface area contributed by atoms with Gasteiger partial charge in [-0.05, 0) is 80.2 Å². The topological polar surface area (TPSA) is 49.4 Å². The van der Waals surface area contributed by atoms with Gasteiger partial charge in [0.1, 0.15) is 0 Å². The number of carbonyl (C=O) groups excluding carboxylic acids is 2. The molecule has 0 radical (unpaired) electrons. The molecule has 0 unspecified atom stereocenters. The Morgan fingerprint density at radius 3 is 2.70 bits per heavy atom. The molecule has 0 bridgehead atoms. The van der Waals surface area contributed by atoms with Crippen molar-refractivity contribution in [2.75, 3.05) is 11.9 Å². The molecule has 2 amide bonds. The lowest BCUT2D eigenvalue weighted by Crippen LogP contribution is -2.42. The molecule has 0 spiro atoms. The Morgan fingerprint density at radius 1 is 1.19 bits per heavy atom. The first-order valence-electron chi connectivity index (χ1n) is 9.54. The van der Waals surface area contributed by atoms with Gasteiger partial charge in [0.05, 0.1) is 15.5 Å². The van der Waals surface area contributed by atoms with E-state index in [4.69, 9.17) is 11.6 Å². The van der Waals surface area contributed by atoms with Crippen LogP contribution in [0.3, 0.4) is 0 Å². The lowest BCUT2D eigenvalue weighted by Gasteiger charge is -2.33. The summed E-state index contributed by atoms with van der Waals surface area (Å²) in [6, 6.07) is 7.44. The highest BCUT2D eigenvalue weighted by Crippen LogP contribution is 2.43. The summed E-state index contributed by atoms with van der Waals surface area (Å²) < 4.78 is 0. The molecule has 2 heterocycles. The summed E-state index contributed by atoms with van der Waals surface area (Å²) in [4.78, 5) is 28.1. The van der Waals surface area contributed by atoms with Gasteiger partial charge in [0.15, 0.2) is 0 Å². The number of piperidine rings is 1. The number of nitrogens with one attached hydrogen (secondary N) is 1. The third kappa shape index (κ3) is 3.90. The van der Waals surface area contributed by atoms with Crippen molar-refractivity contribution in [1.29, 1.82) is 0 Å². The van der Waals surface area contributed by atoms with E-state index in [-0.39, 0.29) is 17.9 Å². The Labute approximate surface area is 168 Å². The number of hydrogen-bond donors (Lipinski definition) is 1. The molecule has 2 aromatic rings. The predicted octanol–water partition coefficient (Wildman–Crippen LogP) is 5.55. The zero-order chi connectivity index (χ0) is 19.0. The Morgan fingerprint density at radius 2 is 2.00 bits per heavy atom. The van der Waals surface area contributed by atoms with Crippen molar-refractivity contribution in [2.45, 2.75) is 51.0 Å². The molecule has 4 nitrogen and oxygen atoms in total. The predicted molar refractivity (Wildman–Crippen MR) is 110 cm³/mol. The quantitative estimate of drug-likeness (QED) is 0.729. The maximum atomic E-state index is 12.8. The van der Waals surface area contributed by atoms with Crippen molar-refractivity contribution >= 4 is 40.4 Å². The van der Waals surface area contributed by atoms with Gasteiger partial charge in [-0.25, -0.2) is 0 Å². The van der Waals surface area contributed by atoms with E-state index in [0.29, 0.717) is 22.2 Å². The van der Waals surface area contributed by atoms with Gasteiger partial charge in [-0.15, -0.1) is 11.3 Å². The summed E-state index contributed by atoms with van der Waals surface area (Å²) in [7, 11) is 0. The minimum absolute atomic E-state index is 0.0284. The highest BCUT2D eigenvalue weighted by molar-refractivity contribution is 7.12. The third-order valence-electron chi connectivity index (χ3n) is 5.44. The van der Waals surface area contributed by atoms with Crippen molar-refractivity contribution in [3.63, 3.8) is 0 Å². The number of rotatable bonds is 4. The molecule has 6 heteroatoms. The van der Waals surface area contributed by atoms with Crippen molar-refractivity contribution < 1.29 is 9.59 Å². The number of thiophene rings is 1. The van der Waals surface area contributed by atoms with Crippen LogP contribution >= 0.6 is 22.9 Å². The second-order valence-electron chi connectivity index (χ2n) is 7.47. The summed E-state index contributed by atoms with van der Waals surface area (Å²) >= 11 is 7.87. The van der Waals surface area contributed by atoms with E-state index in [1.54, 1.807) is 18.2 Å². The van der Waals surface area contributed by atoms with Crippen LogP contribution in [0, 0.1) is 0 Å². The molecule has 1 atom stereocenters. The van der Waals surface area contributed by atoms with Crippen LogP contribution in [0.15, 0.2) is 29.6 Å². The van der Waals surface area contributed by atoms with Gasteiger partial charge >= 0.3 is 0 Å². The minimum Gasteiger partial charge on any atom is -0.336 e. The smallest absolute Gasteiger partial charge is 0.266 e. The largest absolute Gasteiger partial charge is 0.336 e. The summed E-state index contributed by atoms with van der Waals surface area (Å²) in [5.41, 5.74) is 2.26. The van der Waals surface area contributed by atoms with Gasteiger partial charge in [-0.1, -0.05) is 11.6 Å². The third-order valence-corrected chi connectivity index (χ3v) is 6.68. The summed E-state index contributed by atoms with van der Waals surface area (Å²) in [5, 5.41) is 5.27. The lowest BCUT2D eigenvalue weighted by atomic mass is 10.0. The molecule has 27 heavy (non-hydrogen) atoms. The van der Waals surface area contributed by atoms with Crippen molar-refractivity contribution in [2.24, 2.45) is 0 Å². The molecule has 1 saturated heterocycles. The van der Waals surface area contributed by atoms with E-state index in [9.17, 15) is 9.59 Å². The Kier molecular flexibility index (Phi) is 5.24. The summed E-state index contributed by atoms with van der Waals surface area (Å²) in [6.07, 6.45) is 5.55. The molecule has 2 aliphatic rings. The molecule has 142 valence electrons. The van der Waals surface area contributed by atoms with Crippen LogP contribution in [0.5, 0.6) is 0 Å². The van der Waals surface area contributed by atoms with Crippen LogP contribution in [0.2, 0.25) is 5.02 Å². The molecule has 1 aromatic carbocycles. The molecule has 2 fully saturated rings. The van der Waals surface area contributed by atoms with E-state index in [0.717, 1.165) is 49.1 Å². The Bertz CT molecular complexity index is 875. The fourth-order valence-electron chi connectivity index (χ4n) is 3.73. The van der Waals surface area contributed by atoms with Crippen molar-refractivity contribution in [3.05, 3.63) is 50.7 Å². The molecule has 1 aromatic heterocycles. The number of halogens is 1. The molecule has 4 rings (SSSR count). The van der Waals surface area contributed by atoms with Crippen LogP contribution < -0.4 is 5.32 Å². The average molecular weight is 403 g/mol. The molecular weight excluding hydrogens is 380 g/mol. The molecule has 1 N–H and O–H groups in total. The van der Waals surface area contributed by atoms with Crippen molar-refractivity contribution in [1.82, 2.24) is 4.90 Å². The normalized spacial score (nSPS) is 19.8. The number of carbonyl (C=O) groups is 2. The lowest BCUT2D eigenvalue weighted by molar-refractivity contribution is 0.0635. The number of anilines is 1. The number of hydrogen-bond acceptors (Lipinski definition) is 3. The van der Waals surface area contributed by atoms with E-state index < -0.39 is 0 Å². The highest BCUT2D eigenvalue weighted by Gasteiger charge is 2.29. The number of benzene rings is 1.